The highest BCUT2D eigenvalue weighted by Crippen LogP contribution is 2.33. The van der Waals surface area contributed by atoms with Crippen LogP contribution in [0.2, 0.25) is 0 Å². The first kappa shape index (κ1) is 22.8. The van der Waals surface area contributed by atoms with Crippen LogP contribution in [0.15, 0.2) is 24.5 Å². The van der Waals surface area contributed by atoms with Gasteiger partial charge in [-0.25, -0.2) is 4.98 Å². The Hall–Kier alpha value is -3.39. The molecule has 0 unspecified atom stereocenters. The zero-order valence-corrected chi connectivity index (χ0v) is 18.3. The van der Waals surface area contributed by atoms with Crippen LogP contribution in [0, 0.1) is 11.3 Å². The Morgan fingerprint density at radius 3 is 2.55 bits per heavy atom. The summed E-state index contributed by atoms with van der Waals surface area (Å²) in [4.78, 5) is 13.6. The lowest BCUT2D eigenvalue weighted by molar-refractivity contribution is -0.137. The molecule has 0 spiro atoms. The van der Waals surface area contributed by atoms with Crippen molar-refractivity contribution in [3.05, 3.63) is 35.7 Å². The molecule has 3 aromatic rings. The zero-order valence-electron chi connectivity index (χ0n) is 18.3. The molecule has 1 aliphatic rings. The highest BCUT2D eigenvalue weighted by molar-refractivity contribution is 5.87. The smallest absolute Gasteiger partial charge is 0.351 e. The highest BCUT2D eigenvalue weighted by Gasteiger charge is 2.31. The number of nitrogens with one attached hydrogen (secondary N) is 2. The quantitative estimate of drug-likeness (QED) is 0.506. The molecule has 0 radical (unpaired) electrons. The van der Waals surface area contributed by atoms with Crippen molar-refractivity contribution in [3.63, 3.8) is 0 Å². The molecule has 0 bridgehead atoms. The molecule has 1 aliphatic carbocycles. The van der Waals surface area contributed by atoms with Crippen LogP contribution >= 0.6 is 0 Å². The molecule has 33 heavy (non-hydrogen) atoms. The predicted octanol–water partition coefficient (Wildman–Crippen LogP) is 4.72. The van der Waals surface area contributed by atoms with E-state index in [9.17, 15) is 18.4 Å². The van der Waals surface area contributed by atoms with Crippen molar-refractivity contribution in [2.75, 3.05) is 10.6 Å². The maximum absolute atomic E-state index is 13.1. The number of fused-ring (bicyclic) bond motifs is 1. The van der Waals surface area contributed by atoms with Gasteiger partial charge in [0.1, 0.15) is 6.07 Å². The number of imidazole rings is 1. The van der Waals surface area contributed by atoms with E-state index in [4.69, 9.17) is 5.73 Å². The monoisotopic (exact) mass is 458 g/mol. The lowest BCUT2D eigenvalue weighted by atomic mass is 9.92. The van der Waals surface area contributed by atoms with Gasteiger partial charge in [-0.15, -0.1) is 0 Å². The first-order valence-corrected chi connectivity index (χ1v) is 10.8. The molecule has 1 saturated carbocycles. The van der Waals surface area contributed by atoms with Gasteiger partial charge in [-0.3, -0.25) is 0 Å². The Kier molecular flexibility index (Phi) is 6.12. The van der Waals surface area contributed by atoms with E-state index >= 15 is 0 Å². The van der Waals surface area contributed by atoms with Crippen molar-refractivity contribution < 1.29 is 13.2 Å². The van der Waals surface area contributed by atoms with Gasteiger partial charge in [-0.2, -0.15) is 28.4 Å². The molecule has 174 valence electrons. The zero-order chi connectivity index (χ0) is 23.8. The Morgan fingerprint density at radius 1 is 1.18 bits per heavy atom. The van der Waals surface area contributed by atoms with Crippen molar-refractivity contribution in [2.24, 2.45) is 5.73 Å². The average Bonchev–Trinajstić information content (AvgIpc) is 3.19. The molecule has 4 N–H and O–H groups in total. The molecular weight excluding hydrogens is 433 g/mol. The van der Waals surface area contributed by atoms with Crippen molar-refractivity contribution in [1.82, 2.24) is 19.5 Å². The summed E-state index contributed by atoms with van der Waals surface area (Å²) in [5.74, 6) is 0.698. The standard InChI is InChI=1S/C22H25F3N8/c1-12(2)33-11-28-18-19(30-17-8-3-14(22(23,24)25)9-13(17)10-26)31-21(32-20(18)33)29-16-6-4-15(27)5-7-16/h3,8-9,11-12,15-16H,4-7,27H2,1-2H3,(H2,29,30,31,32). The molecule has 2 heterocycles. The van der Waals surface area contributed by atoms with E-state index < -0.39 is 11.7 Å². The van der Waals surface area contributed by atoms with E-state index in [1.807, 2.05) is 24.5 Å². The minimum atomic E-state index is -4.54. The van der Waals surface area contributed by atoms with E-state index in [0.29, 0.717) is 22.9 Å². The van der Waals surface area contributed by atoms with Crippen LogP contribution in [-0.2, 0) is 6.18 Å². The van der Waals surface area contributed by atoms with Gasteiger partial charge in [0.15, 0.2) is 17.0 Å². The van der Waals surface area contributed by atoms with Crippen molar-refractivity contribution in [2.45, 2.75) is 63.8 Å². The van der Waals surface area contributed by atoms with Crippen molar-refractivity contribution >= 4 is 28.6 Å². The number of benzene rings is 1. The molecule has 2 aromatic heterocycles. The number of aromatic nitrogens is 4. The van der Waals surface area contributed by atoms with E-state index in [1.165, 1.54) is 6.07 Å². The lowest BCUT2D eigenvalue weighted by Crippen LogP contribution is -2.33. The summed E-state index contributed by atoms with van der Waals surface area (Å²) < 4.78 is 41.1. The summed E-state index contributed by atoms with van der Waals surface area (Å²) in [6.45, 7) is 3.99. The molecule has 0 amide bonds. The van der Waals surface area contributed by atoms with Gasteiger partial charge in [0.2, 0.25) is 5.95 Å². The van der Waals surface area contributed by atoms with Crippen molar-refractivity contribution in [1.29, 1.82) is 5.26 Å². The van der Waals surface area contributed by atoms with E-state index in [-0.39, 0.29) is 29.4 Å². The third-order valence-corrected chi connectivity index (χ3v) is 5.80. The second-order valence-electron chi connectivity index (χ2n) is 8.56. The van der Waals surface area contributed by atoms with Gasteiger partial charge < -0.3 is 20.9 Å². The van der Waals surface area contributed by atoms with Crippen LogP contribution in [0.1, 0.15) is 56.7 Å². The topological polar surface area (TPSA) is 117 Å². The molecular formula is C22H25F3N8. The molecule has 1 aromatic carbocycles. The molecule has 1 fully saturated rings. The summed E-state index contributed by atoms with van der Waals surface area (Å²) in [7, 11) is 0. The Labute approximate surface area is 189 Å². The van der Waals surface area contributed by atoms with Crippen LogP contribution < -0.4 is 16.4 Å². The fourth-order valence-corrected chi connectivity index (χ4v) is 3.94. The molecule has 11 heteroatoms. The summed E-state index contributed by atoms with van der Waals surface area (Å²) in [6, 6.07) is 5.26. The number of anilines is 3. The third kappa shape index (κ3) is 4.85. The van der Waals surface area contributed by atoms with Crippen LogP contribution in [0.3, 0.4) is 0 Å². The minimum Gasteiger partial charge on any atom is -0.351 e. The van der Waals surface area contributed by atoms with Gasteiger partial charge in [0.05, 0.1) is 23.1 Å². The summed E-state index contributed by atoms with van der Waals surface area (Å²) in [5.41, 5.74) is 6.22. The predicted molar refractivity (Wildman–Crippen MR) is 119 cm³/mol. The minimum absolute atomic E-state index is 0.0824. The number of halogens is 3. The fraction of sp³-hybridized carbons (Fsp3) is 0.455. The van der Waals surface area contributed by atoms with Gasteiger partial charge in [-0.1, -0.05) is 0 Å². The second kappa shape index (κ2) is 8.86. The number of nitriles is 1. The Balaban J connectivity index is 1.73. The highest BCUT2D eigenvalue weighted by atomic mass is 19.4. The number of nitrogens with two attached hydrogens (primary N) is 1. The van der Waals surface area contributed by atoms with Crippen LogP contribution in [0.4, 0.5) is 30.6 Å². The largest absolute Gasteiger partial charge is 0.416 e. The maximum Gasteiger partial charge on any atom is 0.416 e. The molecule has 0 saturated heterocycles. The summed E-state index contributed by atoms with van der Waals surface area (Å²) in [6.07, 6.45) is 0.717. The number of hydrogen-bond donors (Lipinski definition) is 3. The van der Waals surface area contributed by atoms with Crippen LogP contribution in [0.5, 0.6) is 0 Å². The first-order chi connectivity index (χ1) is 15.7. The number of rotatable bonds is 5. The van der Waals surface area contributed by atoms with Gasteiger partial charge >= 0.3 is 6.18 Å². The molecule has 0 aliphatic heterocycles. The van der Waals surface area contributed by atoms with E-state index in [0.717, 1.165) is 37.8 Å². The normalized spacial score (nSPS) is 19.0. The fourth-order valence-electron chi connectivity index (χ4n) is 3.94. The van der Waals surface area contributed by atoms with Crippen LogP contribution in [-0.4, -0.2) is 31.6 Å². The van der Waals surface area contributed by atoms with Crippen molar-refractivity contribution in [3.8, 4) is 6.07 Å². The number of hydrogen-bond acceptors (Lipinski definition) is 7. The Morgan fingerprint density at radius 2 is 1.91 bits per heavy atom. The van der Waals surface area contributed by atoms with E-state index in [2.05, 4.69) is 25.6 Å². The summed E-state index contributed by atoms with van der Waals surface area (Å²) >= 11 is 0. The van der Waals surface area contributed by atoms with E-state index in [1.54, 1.807) is 6.33 Å². The average molecular weight is 458 g/mol. The Bertz CT molecular complexity index is 1190. The molecule has 4 rings (SSSR count). The van der Waals surface area contributed by atoms with Gasteiger partial charge in [-0.05, 0) is 57.7 Å². The SMILES string of the molecule is CC(C)n1cnc2c(Nc3ccc(C(F)(F)F)cc3C#N)nc(NC3CCC(N)CC3)nc21. The molecule has 0 atom stereocenters. The van der Waals surface area contributed by atoms with Gasteiger partial charge in [0.25, 0.3) is 0 Å². The van der Waals surface area contributed by atoms with Crippen LogP contribution in [0.25, 0.3) is 11.2 Å². The number of nitrogens with zero attached hydrogens (tertiary/aromatic N) is 5. The second-order valence-corrected chi connectivity index (χ2v) is 8.56. The van der Waals surface area contributed by atoms with Gasteiger partial charge in [0, 0.05) is 18.1 Å². The third-order valence-electron chi connectivity index (χ3n) is 5.80. The summed E-state index contributed by atoms with van der Waals surface area (Å²) in [5, 5.41) is 15.8. The first-order valence-electron chi connectivity index (χ1n) is 10.8. The maximum atomic E-state index is 13.1. The molecule has 8 nitrogen and oxygen atoms in total. The lowest BCUT2D eigenvalue weighted by Gasteiger charge is -2.27. The number of alkyl halides is 3.